The number of rotatable bonds is 0. The second-order valence-electron chi connectivity index (χ2n) is 23.3. The normalized spacial score (nSPS) is 31.1. The number of sulfonamides is 2. The molecule has 8 aliphatic rings. The lowest BCUT2D eigenvalue weighted by atomic mass is 9.68. The molecule has 2 saturated carbocycles. The van der Waals surface area contributed by atoms with E-state index in [4.69, 9.17) is 32.7 Å². The number of nitrogens with zero attached hydrogens (tertiary/aromatic N) is 2. The van der Waals surface area contributed by atoms with Gasteiger partial charge < -0.3 is 29.5 Å². The lowest BCUT2D eigenvalue weighted by Gasteiger charge is -2.44. The summed E-state index contributed by atoms with van der Waals surface area (Å²) in [5.74, 6) is 1.29. The van der Waals surface area contributed by atoms with Crippen molar-refractivity contribution in [3.05, 3.63) is 141 Å². The summed E-state index contributed by atoms with van der Waals surface area (Å²) in [7, 11) is -7.79. The summed E-state index contributed by atoms with van der Waals surface area (Å²) in [4.78, 5) is 30.8. The van der Waals surface area contributed by atoms with Crippen LogP contribution >= 0.6 is 23.2 Å². The van der Waals surface area contributed by atoms with E-state index in [1.54, 1.807) is 36.4 Å². The van der Waals surface area contributed by atoms with Crippen molar-refractivity contribution >= 4 is 66.4 Å². The van der Waals surface area contributed by atoms with Gasteiger partial charge in [0.05, 0.1) is 48.3 Å². The molecule has 416 valence electrons. The van der Waals surface area contributed by atoms with E-state index in [9.17, 15) is 36.6 Å². The minimum Gasteiger partial charge on any atom is -0.490 e. The van der Waals surface area contributed by atoms with Gasteiger partial charge in [-0.3, -0.25) is 9.59 Å². The number of fused-ring (bicyclic) bond motifs is 8. The molecule has 2 fully saturated rings. The van der Waals surface area contributed by atoms with E-state index < -0.39 is 44.1 Å². The van der Waals surface area contributed by atoms with Crippen LogP contribution in [-0.2, 0) is 43.7 Å². The summed E-state index contributed by atoms with van der Waals surface area (Å²) in [6.45, 7) is 4.18. The van der Waals surface area contributed by atoms with Crippen LogP contribution in [0.4, 0.5) is 11.4 Å². The van der Waals surface area contributed by atoms with Crippen LogP contribution in [0.5, 0.6) is 11.5 Å². The number of hydrogen-bond acceptors (Lipinski definition) is 12. The molecular weight excluding hydrogens is 1070 g/mol. The van der Waals surface area contributed by atoms with Crippen LogP contribution in [0.3, 0.4) is 0 Å². The molecule has 2 amide bonds. The first-order valence-electron chi connectivity index (χ1n) is 27.8. The molecule has 0 saturated heterocycles. The number of carbonyl (C=O) groups is 2. The SMILES string of the molecule is O=C1NS(=O)(=O)C/C=C/[C@@H](O)CC[C@@H]2CC[C@H]2CN2C[C@@]3(CCCc4cc(Cl)ccc43)COc3ccc1cc32.O=C1NS(=O)(=O)C/C=C/[C@H](O)CC[C@@H]2CC[C@H]2CN2C[C@@]3(CCCc4cc(Cl)ccc43)COc3ccc1cc32. The zero-order valence-corrected chi connectivity index (χ0v) is 47.0. The minimum atomic E-state index is -3.89. The monoisotopic (exact) mass is 1140 g/mol. The molecule has 4 aliphatic carbocycles. The number of anilines is 2. The van der Waals surface area contributed by atoms with Crippen LogP contribution in [-0.4, -0.2) is 102 Å². The lowest BCUT2D eigenvalue weighted by Crippen LogP contribution is -2.48. The van der Waals surface area contributed by atoms with E-state index in [1.165, 1.54) is 46.6 Å². The number of aliphatic hydroxyl groups is 2. The Morgan fingerprint density at radius 2 is 0.949 bits per heavy atom. The molecule has 0 unspecified atom stereocenters. The largest absolute Gasteiger partial charge is 0.490 e. The number of carbonyl (C=O) groups excluding carboxylic acids is 2. The molecule has 2 spiro atoms. The standard InChI is InChI=1S/2C30H35ClN2O5S/c2*31-24-9-11-26-21(15-24)3-1-13-30(26)18-33-17-23-6-5-20(23)7-10-25(34)4-2-14-39(36,37)32-29(35)22-8-12-28(38-19-30)27(33)16-22/h2*2,4,8-9,11-12,15-16,20,23,25,34H,1,3,5-7,10,13-14,17-19H2,(H,32,35)/b2*4-2+/t20-,23-,25+,30-;20-,23-,25-,30-/m00/s1. The molecule has 78 heavy (non-hydrogen) atoms. The minimum absolute atomic E-state index is 0.218. The predicted octanol–water partition coefficient (Wildman–Crippen LogP) is 9.22. The molecular formula is C60H70Cl2N4O10S2. The van der Waals surface area contributed by atoms with Gasteiger partial charge in [0.2, 0.25) is 20.0 Å². The molecule has 4 aromatic carbocycles. The van der Waals surface area contributed by atoms with Crippen molar-refractivity contribution in [2.45, 2.75) is 113 Å². The van der Waals surface area contributed by atoms with Gasteiger partial charge in [0, 0.05) is 58.2 Å². The van der Waals surface area contributed by atoms with E-state index in [0.717, 1.165) is 125 Å². The maximum Gasteiger partial charge on any atom is 0.264 e. The zero-order valence-electron chi connectivity index (χ0n) is 43.9. The van der Waals surface area contributed by atoms with Gasteiger partial charge in [-0.25, -0.2) is 26.3 Å². The van der Waals surface area contributed by atoms with Crippen LogP contribution in [0.1, 0.15) is 120 Å². The maximum absolute atomic E-state index is 13.0. The quantitative estimate of drug-likeness (QED) is 0.122. The number of aryl methyl sites for hydroxylation is 2. The maximum atomic E-state index is 13.0. The number of benzene rings is 4. The summed E-state index contributed by atoms with van der Waals surface area (Å²) in [6.07, 6.45) is 18.0. The van der Waals surface area contributed by atoms with Gasteiger partial charge in [-0.15, -0.1) is 0 Å². The Hall–Kier alpha value is -5.10. The lowest BCUT2D eigenvalue weighted by molar-refractivity contribution is 0.0972. The van der Waals surface area contributed by atoms with Crippen LogP contribution in [0.25, 0.3) is 0 Å². The Bertz CT molecular complexity index is 3030. The average Bonchev–Trinajstić information content (AvgIpc) is 3.64. The van der Waals surface area contributed by atoms with Crippen molar-refractivity contribution in [1.82, 2.24) is 9.44 Å². The fourth-order valence-electron chi connectivity index (χ4n) is 13.7. The molecule has 4 heterocycles. The molecule has 4 bridgehead atoms. The van der Waals surface area contributed by atoms with Crippen LogP contribution in [0, 0.1) is 23.7 Å². The first kappa shape index (κ1) is 54.8. The third kappa shape index (κ3) is 11.9. The Morgan fingerprint density at radius 1 is 0.538 bits per heavy atom. The smallest absolute Gasteiger partial charge is 0.264 e. The number of nitrogens with one attached hydrogen (secondary N) is 2. The number of aliphatic hydroxyl groups excluding tert-OH is 2. The summed E-state index contributed by atoms with van der Waals surface area (Å²) in [6, 6.07) is 22.8. The van der Waals surface area contributed by atoms with E-state index in [0.29, 0.717) is 61.2 Å². The summed E-state index contributed by atoms with van der Waals surface area (Å²) in [5.41, 5.74) is 6.88. The molecule has 4 N–H and O–H groups in total. The van der Waals surface area contributed by atoms with Crippen LogP contribution < -0.4 is 28.7 Å². The molecule has 18 heteroatoms. The second-order valence-corrected chi connectivity index (χ2v) is 27.7. The topological polar surface area (TPSA) is 192 Å². The van der Waals surface area contributed by atoms with Crippen molar-refractivity contribution in [2.24, 2.45) is 23.7 Å². The van der Waals surface area contributed by atoms with Crippen molar-refractivity contribution in [1.29, 1.82) is 0 Å². The fraction of sp³-hybridized carbons (Fsp3) is 0.500. The molecule has 0 radical (unpaired) electrons. The Morgan fingerprint density at radius 3 is 1.36 bits per heavy atom. The van der Waals surface area contributed by atoms with Gasteiger partial charge in [-0.05, 0) is 196 Å². The first-order valence-corrected chi connectivity index (χ1v) is 31.9. The zero-order chi connectivity index (χ0) is 54.4. The first-order chi connectivity index (χ1) is 37.4. The van der Waals surface area contributed by atoms with Gasteiger partial charge in [-0.2, -0.15) is 0 Å². The Kier molecular flexibility index (Phi) is 15.8. The predicted molar refractivity (Wildman–Crippen MR) is 304 cm³/mol. The van der Waals surface area contributed by atoms with E-state index in [-0.39, 0.29) is 33.5 Å². The van der Waals surface area contributed by atoms with Gasteiger partial charge in [0.15, 0.2) is 0 Å². The van der Waals surface area contributed by atoms with Crippen molar-refractivity contribution in [3.63, 3.8) is 0 Å². The van der Waals surface area contributed by atoms with E-state index >= 15 is 0 Å². The molecule has 8 atom stereocenters. The highest BCUT2D eigenvalue weighted by Crippen LogP contribution is 2.49. The van der Waals surface area contributed by atoms with Crippen LogP contribution in [0.2, 0.25) is 10.0 Å². The second kappa shape index (κ2) is 22.4. The Balaban J connectivity index is 0.000000165. The van der Waals surface area contributed by atoms with Crippen molar-refractivity contribution in [3.8, 4) is 11.5 Å². The van der Waals surface area contributed by atoms with Gasteiger partial charge in [0.25, 0.3) is 11.8 Å². The van der Waals surface area contributed by atoms with Gasteiger partial charge in [-0.1, -0.05) is 59.6 Å². The highest BCUT2D eigenvalue weighted by atomic mass is 35.5. The van der Waals surface area contributed by atoms with Crippen molar-refractivity contribution in [2.75, 3.05) is 60.7 Å². The van der Waals surface area contributed by atoms with Crippen LogP contribution in [0.15, 0.2) is 97.1 Å². The van der Waals surface area contributed by atoms with Gasteiger partial charge in [0.1, 0.15) is 11.5 Å². The number of hydrogen-bond donors (Lipinski definition) is 4. The number of ether oxygens (including phenoxy) is 2. The highest BCUT2D eigenvalue weighted by Gasteiger charge is 2.46. The third-order valence-corrected chi connectivity index (χ3v) is 20.9. The average molecular weight is 1140 g/mol. The molecule has 12 rings (SSSR count). The summed E-state index contributed by atoms with van der Waals surface area (Å²) < 4.78 is 67.6. The third-order valence-electron chi connectivity index (χ3n) is 18.2. The fourth-order valence-corrected chi connectivity index (χ4v) is 15.8. The number of halogens is 2. The van der Waals surface area contributed by atoms with Crippen molar-refractivity contribution < 1.29 is 46.1 Å². The summed E-state index contributed by atoms with van der Waals surface area (Å²) in [5, 5.41) is 22.3. The van der Waals surface area contributed by atoms with Gasteiger partial charge >= 0.3 is 0 Å². The summed E-state index contributed by atoms with van der Waals surface area (Å²) >= 11 is 12.7. The Labute approximate surface area is 468 Å². The molecule has 4 aliphatic heterocycles. The highest BCUT2D eigenvalue weighted by molar-refractivity contribution is 7.90. The molecule has 4 aromatic rings. The number of amides is 2. The molecule has 14 nitrogen and oxygen atoms in total. The van der Waals surface area contributed by atoms with E-state index in [2.05, 4.69) is 43.5 Å². The molecule has 0 aromatic heterocycles. The van der Waals surface area contributed by atoms with E-state index in [1.807, 2.05) is 12.1 Å².